The number of nitrogens with zero attached hydrogens (tertiary/aromatic N) is 2. The lowest BCUT2D eigenvalue weighted by Crippen LogP contribution is -2.31. The van der Waals surface area contributed by atoms with Crippen LogP contribution in [-0.4, -0.2) is 36.7 Å². The van der Waals surface area contributed by atoms with Crippen LogP contribution < -0.4 is 4.74 Å². The Morgan fingerprint density at radius 3 is 2.89 bits per heavy atom. The molecule has 2 heterocycles. The fourth-order valence-corrected chi connectivity index (χ4v) is 3.56. The number of benzene rings is 2. The first kappa shape index (κ1) is 17.7. The Labute approximate surface area is 161 Å². The van der Waals surface area contributed by atoms with Crippen LogP contribution in [0.15, 0.2) is 59.2 Å². The topological polar surface area (TPSA) is 34.1 Å². The molecular weight excluding hydrogens is 336 g/mol. The van der Waals surface area contributed by atoms with Crippen molar-refractivity contribution in [3.8, 4) is 16.9 Å². The lowest BCUT2D eigenvalue weighted by Gasteiger charge is -2.19. The molecule has 1 fully saturated rings. The van der Waals surface area contributed by atoms with Gasteiger partial charge in [-0.25, -0.2) is 4.99 Å². The van der Waals surface area contributed by atoms with E-state index in [1.807, 2.05) is 18.3 Å². The molecule has 4 rings (SSSR count). The summed E-state index contributed by atoms with van der Waals surface area (Å²) in [5.41, 5.74) is 6.38. The molecular formula is C23H26N2O2. The molecule has 2 aromatic carbocycles. The van der Waals surface area contributed by atoms with E-state index in [0.29, 0.717) is 6.61 Å². The van der Waals surface area contributed by atoms with E-state index in [4.69, 9.17) is 9.47 Å². The molecule has 0 aliphatic carbocycles. The highest BCUT2D eigenvalue weighted by Crippen LogP contribution is 2.28. The molecule has 140 valence electrons. The van der Waals surface area contributed by atoms with Gasteiger partial charge in [0.1, 0.15) is 12.4 Å². The highest BCUT2D eigenvalue weighted by Gasteiger charge is 2.31. The van der Waals surface area contributed by atoms with Gasteiger partial charge in [0.25, 0.3) is 6.02 Å². The molecule has 1 saturated heterocycles. The number of rotatable bonds is 5. The van der Waals surface area contributed by atoms with Crippen molar-refractivity contribution in [2.24, 2.45) is 4.99 Å². The number of hydrogen-bond acceptors (Lipinski definition) is 4. The van der Waals surface area contributed by atoms with E-state index in [2.05, 4.69) is 61.0 Å². The van der Waals surface area contributed by atoms with Crippen LogP contribution in [0.25, 0.3) is 11.1 Å². The second-order valence-corrected chi connectivity index (χ2v) is 7.26. The molecule has 2 aliphatic rings. The molecule has 4 nitrogen and oxygen atoms in total. The van der Waals surface area contributed by atoms with Crippen LogP contribution in [0.4, 0.5) is 0 Å². The number of fused-ring (bicyclic) bond motifs is 1. The maximum atomic E-state index is 6.06. The maximum Gasteiger partial charge on any atom is 0.292 e. The first-order valence-corrected chi connectivity index (χ1v) is 9.61. The van der Waals surface area contributed by atoms with Crippen molar-refractivity contribution >= 4 is 6.02 Å². The van der Waals surface area contributed by atoms with Crippen molar-refractivity contribution in [1.82, 2.24) is 4.90 Å². The van der Waals surface area contributed by atoms with Gasteiger partial charge >= 0.3 is 0 Å². The van der Waals surface area contributed by atoms with Crippen molar-refractivity contribution < 1.29 is 9.47 Å². The maximum absolute atomic E-state index is 6.06. The summed E-state index contributed by atoms with van der Waals surface area (Å²) in [6.07, 6.45) is 2.97. The molecule has 0 N–H and O–H groups in total. The Morgan fingerprint density at radius 2 is 2.04 bits per heavy atom. The molecule has 0 unspecified atom stereocenters. The first-order chi connectivity index (χ1) is 13.1. The molecule has 0 saturated carbocycles. The summed E-state index contributed by atoms with van der Waals surface area (Å²) in [6, 6.07) is 15.4. The monoisotopic (exact) mass is 362 g/mol. The number of hydrogen-bond donors (Lipinski definition) is 0. The molecule has 0 radical (unpaired) electrons. The molecule has 4 heteroatoms. The van der Waals surface area contributed by atoms with E-state index in [1.54, 1.807) is 0 Å². The predicted molar refractivity (Wildman–Crippen MR) is 109 cm³/mol. The van der Waals surface area contributed by atoms with Crippen molar-refractivity contribution in [2.45, 2.75) is 33.3 Å². The van der Waals surface area contributed by atoms with Gasteiger partial charge in [0.2, 0.25) is 0 Å². The van der Waals surface area contributed by atoms with Gasteiger partial charge in [-0.2, -0.15) is 0 Å². The zero-order valence-corrected chi connectivity index (χ0v) is 16.2. The van der Waals surface area contributed by atoms with Gasteiger partial charge in [-0.05, 0) is 60.2 Å². The Morgan fingerprint density at radius 1 is 1.19 bits per heavy atom. The van der Waals surface area contributed by atoms with Crippen molar-refractivity contribution in [2.75, 3.05) is 19.7 Å². The second kappa shape index (κ2) is 7.47. The van der Waals surface area contributed by atoms with Crippen molar-refractivity contribution in [3.63, 3.8) is 0 Å². The van der Waals surface area contributed by atoms with Crippen LogP contribution in [0.5, 0.6) is 5.75 Å². The van der Waals surface area contributed by atoms with Crippen LogP contribution in [0.1, 0.15) is 24.5 Å². The zero-order valence-electron chi connectivity index (χ0n) is 16.2. The van der Waals surface area contributed by atoms with E-state index in [-0.39, 0.29) is 6.10 Å². The third-order valence-corrected chi connectivity index (χ3v) is 5.36. The molecule has 27 heavy (non-hydrogen) atoms. The van der Waals surface area contributed by atoms with Crippen LogP contribution in [0.2, 0.25) is 0 Å². The molecule has 1 atom stereocenters. The standard InChI is InChI=1S/C23H26N2O2/c1-4-18-12-24-23-25(13-18)14-21(27-23)15-26-20-9-6-8-19(11-20)22-10-5-7-16(2)17(22)3/h5-12,21H,4,13-15H2,1-3H3/t21-/m0/s1. The largest absolute Gasteiger partial charge is 0.490 e. The quantitative estimate of drug-likeness (QED) is 0.772. The molecule has 0 spiro atoms. The fourth-order valence-electron chi connectivity index (χ4n) is 3.56. The first-order valence-electron chi connectivity index (χ1n) is 9.61. The van der Waals surface area contributed by atoms with Crippen LogP contribution in [0.3, 0.4) is 0 Å². The average molecular weight is 362 g/mol. The summed E-state index contributed by atoms with van der Waals surface area (Å²) in [5.74, 6) is 0.871. The molecule has 0 bridgehead atoms. The van der Waals surface area contributed by atoms with E-state index >= 15 is 0 Å². The molecule has 0 aromatic heterocycles. The Bertz CT molecular complexity index is 901. The summed E-state index contributed by atoms with van der Waals surface area (Å²) >= 11 is 0. The minimum Gasteiger partial charge on any atom is -0.490 e. The minimum absolute atomic E-state index is 0.0118. The SMILES string of the molecule is CCC1=CN=C2O[C@H](COc3cccc(-c4cccc(C)c4C)c3)CN2C1. The highest BCUT2D eigenvalue weighted by molar-refractivity contribution is 5.78. The van der Waals surface area contributed by atoms with Crippen LogP contribution >= 0.6 is 0 Å². The third kappa shape index (κ3) is 3.70. The summed E-state index contributed by atoms with van der Waals surface area (Å²) in [4.78, 5) is 6.62. The van der Waals surface area contributed by atoms with Gasteiger partial charge in [0.15, 0.2) is 6.10 Å². The third-order valence-electron chi connectivity index (χ3n) is 5.36. The summed E-state index contributed by atoms with van der Waals surface area (Å²) in [7, 11) is 0. The van der Waals surface area contributed by atoms with Gasteiger partial charge in [-0.3, -0.25) is 0 Å². The van der Waals surface area contributed by atoms with Gasteiger partial charge in [-0.1, -0.05) is 37.3 Å². The minimum atomic E-state index is 0.0118. The number of aliphatic imine (C=N–C) groups is 1. The normalized spacial score (nSPS) is 18.5. The lowest BCUT2D eigenvalue weighted by molar-refractivity contribution is 0.146. The summed E-state index contributed by atoms with van der Waals surface area (Å²) in [6.45, 7) is 8.73. The fraction of sp³-hybridized carbons (Fsp3) is 0.348. The smallest absolute Gasteiger partial charge is 0.292 e. The molecule has 0 amide bonds. The predicted octanol–water partition coefficient (Wildman–Crippen LogP) is 4.71. The van der Waals surface area contributed by atoms with E-state index in [1.165, 1.54) is 27.8 Å². The Hall–Kier alpha value is -2.75. The van der Waals surface area contributed by atoms with Gasteiger partial charge in [0.05, 0.1) is 6.54 Å². The number of ether oxygens (including phenoxy) is 2. The number of amidine groups is 1. The van der Waals surface area contributed by atoms with E-state index in [0.717, 1.165) is 31.3 Å². The lowest BCUT2D eigenvalue weighted by atomic mass is 9.97. The van der Waals surface area contributed by atoms with Crippen molar-refractivity contribution in [3.05, 3.63) is 65.4 Å². The average Bonchev–Trinajstić information content (AvgIpc) is 3.10. The van der Waals surface area contributed by atoms with Crippen molar-refractivity contribution in [1.29, 1.82) is 0 Å². The van der Waals surface area contributed by atoms with Crippen LogP contribution in [0, 0.1) is 13.8 Å². The van der Waals surface area contributed by atoms with Crippen LogP contribution in [-0.2, 0) is 4.74 Å². The number of aryl methyl sites for hydroxylation is 1. The van der Waals surface area contributed by atoms with Gasteiger partial charge < -0.3 is 14.4 Å². The second-order valence-electron chi connectivity index (χ2n) is 7.26. The van der Waals surface area contributed by atoms with E-state index in [9.17, 15) is 0 Å². The Kier molecular flexibility index (Phi) is 4.88. The highest BCUT2D eigenvalue weighted by atomic mass is 16.6. The summed E-state index contributed by atoms with van der Waals surface area (Å²) < 4.78 is 12.0. The summed E-state index contributed by atoms with van der Waals surface area (Å²) in [5, 5.41) is 0. The molecule has 2 aromatic rings. The molecule has 2 aliphatic heterocycles. The Balaban J connectivity index is 1.41. The van der Waals surface area contributed by atoms with E-state index < -0.39 is 0 Å². The van der Waals surface area contributed by atoms with Gasteiger partial charge in [0, 0.05) is 12.7 Å². The van der Waals surface area contributed by atoms with Gasteiger partial charge in [-0.15, -0.1) is 0 Å². The zero-order chi connectivity index (χ0) is 18.8.